The highest BCUT2D eigenvalue weighted by Gasteiger charge is 2.25. The highest BCUT2D eigenvalue weighted by molar-refractivity contribution is 4.99. The van der Waals surface area contributed by atoms with Gasteiger partial charge in [-0.25, -0.2) is 0 Å². The van der Waals surface area contributed by atoms with Crippen molar-refractivity contribution in [3.63, 3.8) is 0 Å². The zero-order valence-corrected chi connectivity index (χ0v) is 12.6. The molecule has 114 valence electrons. The van der Waals surface area contributed by atoms with E-state index in [-0.39, 0.29) is 6.10 Å². The number of rotatable bonds is 8. The van der Waals surface area contributed by atoms with Crippen LogP contribution in [0.15, 0.2) is 22.8 Å². The van der Waals surface area contributed by atoms with E-state index in [1.807, 2.05) is 26.0 Å². The van der Waals surface area contributed by atoms with E-state index in [2.05, 4.69) is 4.90 Å². The minimum Gasteiger partial charge on any atom is -0.468 e. The van der Waals surface area contributed by atoms with Crippen molar-refractivity contribution in [3.05, 3.63) is 24.2 Å². The molecule has 0 unspecified atom stereocenters. The maximum absolute atomic E-state index is 10.2. The molecule has 20 heavy (non-hydrogen) atoms. The fraction of sp³-hybridized carbons (Fsp3) is 0.750. The van der Waals surface area contributed by atoms with Gasteiger partial charge in [0.2, 0.25) is 0 Å². The fourth-order valence-corrected chi connectivity index (χ4v) is 2.84. The van der Waals surface area contributed by atoms with Gasteiger partial charge in [0.1, 0.15) is 5.76 Å². The van der Waals surface area contributed by atoms with Crippen LogP contribution in [-0.4, -0.2) is 41.4 Å². The van der Waals surface area contributed by atoms with Gasteiger partial charge in [-0.2, -0.15) is 0 Å². The van der Waals surface area contributed by atoms with Crippen LogP contribution in [0, 0.1) is 0 Å². The lowest BCUT2D eigenvalue weighted by atomic mass is 10.2. The Kier molecular flexibility index (Phi) is 6.07. The van der Waals surface area contributed by atoms with Crippen molar-refractivity contribution in [1.29, 1.82) is 0 Å². The Balaban J connectivity index is 1.88. The Morgan fingerprint density at radius 2 is 2.15 bits per heavy atom. The third kappa shape index (κ3) is 4.93. The standard InChI is InChI=1S/C16H27NO3/c1-13(2)20-12-15(18)10-17(14-6-3-4-7-14)11-16-8-5-9-19-16/h5,8-9,13-15,18H,3-4,6-7,10-12H2,1-2H3/t15-/m1/s1. The van der Waals surface area contributed by atoms with Crippen molar-refractivity contribution in [1.82, 2.24) is 4.90 Å². The van der Waals surface area contributed by atoms with Crippen molar-refractivity contribution in [2.24, 2.45) is 0 Å². The Morgan fingerprint density at radius 3 is 2.75 bits per heavy atom. The summed E-state index contributed by atoms with van der Waals surface area (Å²) < 4.78 is 11.0. The van der Waals surface area contributed by atoms with E-state index in [0.717, 1.165) is 12.3 Å². The molecule has 1 atom stereocenters. The van der Waals surface area contributed by atoms with Crippen molar-refractivity contribution in [2.75, 3.05) is 13.2 Å². The maximum Gasteiger partial charge on any atom is 0.117 e. The van der Waals surface area contributed by atoms with E-state index >= 15 is 0 Å². The van der Waals surface area contributed by atoms with Gasteiger partial charge in [-0.05, 0) is 38.8 Å². The van der Waals surface area contributed by atoms with Gasteiger partial charge in [0.05, 0.1) is 31.6 Å². The van der Waals surface area contributed by atoms with Crippen molar-refractivity contribution < 1.29 is 14.3 Å². The number of nitrogens with zero attached hydrogens (tertiary/aromatic N) is 1. The van der Waals surface area contributed by atoms with Crippen molar-refractivity contribution in [3.8, 4) is 0 Å². The molecule has 1 aromatic rings. The zero-order chi connectivity index (χ0) is 14.4. The molecule has 1 fully saturated rings. The summed E-state index contributed by atoms with van der Waals surface area (Å²) in [6.07, 6.45) is 6.45. The monoisotopic (exact) mass is 281 g/mol. The average Bonchev–Trinajstić information content (AvgIpc) is 3.08. The van der Waals surface area contributed by atoms with Crippen LogP contribution >= 0.6 is 0 Å². The molecule has 1 N–H and O–H groups in total. The molecule has 0 bridgehead atoms. The second kappa shape index (κ2) is 7.81. The molecule has 0 spiro atoms. The molecule has 2 rings (SSSR count). The lowest BCUT2D eigenvalue weighted by Gasteiger charge is -2.30. The lowest BCUT2D eigenvalue weighted by molar-refractivity contribution is -0.0163. The summed E-state index contributed by atoms with van der Waals surface area (Å²) >= 11 is 0. The van der Waals surface area contributed by atoms with Crippen LogP contribution in [0.4, 0.5) is 0 Å². The molecule has 0 aromatic carbocycles. The van der Waals surface area contributed by atoms with Gasteiger partial charge in [-0.1, -0.05) is 12.8 Å². The number of ether oxygens (including phenoxy) is 1. The first kappa shape index (κ1) is 15.5. The maximum atomic E-state index is 10.2. The number of aliphatic hydroxyl groups is 1. The predicted molar refractivity (Wildman–Crippen MR) is 78.5 cm³/mol. The molecule has 0 amide bonds. The molecule has 1 aliphatic carbocycles. The Labute approximate surface area is 121 Å². The largest absolute Gasteiger partial charge is 0.468 e. The summed E-state index contributed by atoms with van der Waals surface area (Å²) in [5.41, 5.74) is 0. The zero-order valence-electron chi connectivity index (χ0n) is 12.6. The van der Waals surface area contributed by atoms with Crippen LogP contribution in [0.2, 0.25) is 0 Å². The first-order chi connectivity index (χ1) is 9.65. The Morgan fingerprint density at radius 1 is 1.40 bits per heavy atom. The van der Waals surface area contributed by atoms with Gasteiger partial charge in [0.25, 0.3) is 0 Å². The number of hydrogen-bond donors (Lipinski definition) is 1. The molecule has 1 aliphatic rings. The summed E-state index contributed by atoms with van der Waals surface area (Å²) in [5, 5.41) is 10.2. The van der Waals surface area contributed by atoms with Gasteiger partial charge in [0.15, 0.2) is 0 Å². The van der Waals surface area contributed by atoms with Crippen LogP contribution in [0.3, 0.4) is 0 Å². The molecule has 1 heterocycles. The molecule has 0 aliphatic heterocycles. The molecule has 4 heteroatoms. The predicted octanol–water partition coefficient (Wildman–Crippen LogP) is 2.81. The summed E-state index contributed by atoms with van der Waals surface area (Å²) in [6.45, 7) is 5.81. The molecular weight excluding hydrogens is 254 g/mol. The van der Waals surface area contributed by atoms with E-state index < -0.39 is 6.10 Å². The van der Waals surface area contributed by atoms with Crippen LogP contribution in [0.25, 0.3) is 0 Å². The van der Waals surface area contributed by atoms with Crippen molar-refractivity contribution >= 4 is 0 Å². The van der Waals surface area contributed by atoms with E-state index in [9.17, 15) is 5.11 Å². The average molecular weight is 281 g/mol. The second-order valence-electron chi connectivity index (χ2n) is 5.98. The van der Waals surface area contributed by atoms with E-state index in [0.29, 0.717) is 19.2 Å². The Hall–Kier alpha value is -0.840. The highest BCUT2D eigenvalue weighted by Crippen LogP contribution is 2.25. The van der Waals surface area contributed by atoms with E-state index in [1.54, 1.807) is 6.26 Å². The third-order valence-electron chi connectivity index (χ3n) is 3.85. The molecular formula is C16H27NO3. The quantitative estimate of drug-likeness (QED) is 0.796. The molecule has 0 radical (unpaired) electrons. The summed E-state index contributed by atoms with van der Waals surface area (Å²) in [5.74, 6) is 0.967. The molecule has 1 aromatic heterocycles. The highest BCUT2D eigenvalue weighted by atomic mass is 16.5. The van der Waals surface area contributed by atoms with Gasteiger partial charge in [-0.3, -0.25) is 4.90 Å². The molecule has 0 saturated heterocycles. The normalized spacial score (nSPS) is 18.2. The van der Waals surface area contributed by atoms with Crippen LogP contribution in [-0.2, 0) is 11.3 Å². The smallest absolute Gasteiger partial charge is 0.117 e. The SMILES string of the molecule is CC(C)OC[C@H](O)CN(Cc1ccco1)C1CCCC1. The second-order valence-corrected chi connectivity index (χ2v) is 5.98. The van der Waals surface area contributed by atoms with Crippen LogP contribution in [0.1, 0.15) is 45.3 Å². The van der Waals surface area contributed by atoms with Crippen LogP contribution in [0.5, 0.6) is 0 Å². The van der Waals surface area contributed by atoms with Gasteiger partial charge < -0.3 is 14.3 Å². The topological polar surface area (TPSA) is 45.8 Å². The van der Waals surface area contributed by atoms with Gasteiger partial charge in [-0.15, -0.1) is 0 Å². The Bertz CT molecular complexity index is 358. The first-order valence-corrected chi connectivity index (χ1v) is 7.71. The molecule has 1 saturated carbocycles. The minimum absolute atomic E-state index is 0.162. The van der Waals surface area contributed by atoms with Gasteiger partial charge >= 0.3 is 0 Å². The van der Waals surface area contributed by atoms with Gasteiger partial charge in [0, 0.05) is 12.6 Å². The van der Waals surface area contributed by atoms with Crippen molar-refractivity contribution in [2.45, 2.75) is 64.3 Å². The lowest BCUT2D eigenvalue weighted by Crippen LogP contribution is -2.40. The minimum atomic E-state index is -0.437. The van der Waals surface area contributed by atoms with E-state index in [4.69, 9.17) is 9.15 Å². The molecule has 4 nitrogen and oxygen atoms in total. The number of furan rings is 1. The first-order valence-electron chi connectivity index (χ1n) is 7.71. The number of hydrogen-bond acceptors (Lipinski definition) is 4. The fourth-order valence-electron chi connectivity index (χ4n) is 2.84. The number of aliphatic hydroxyl groups excluding tert-OH is 1. The van der Waals surface area contributed by atoms with E-state index in [1.165, 1.54) is 25.7 Å². The third-order valence-corrected chi connectivity index (χ3v) is 3.85. The van der Waals surface area contributed by atoms with Crippen LogP contribution < -0.4 is 0 Å². The summed E-state index contributed by atoms with van der Waals surface area (Å²) in [6, 6.07) is 4.48. The summed E-state index contributed by atoms with van der Waals surface area (Å²) in [7, 11) is 0. The summed E-state index contributed by atoms with van der Waals surface area (Å²) in [4.78, 5) is 2.35.